The van der Waals surface area contributed by atoms with Crippen LogP contribution in [0.2, 0.25) is 0 Å². The number of nitrogens with zero attached hydrogens (tertiary/aromatic N) is 1. The Bertz CT molecular complexity index is 200. The molecule has 0 saturated heterocycles. The maximum atomic E-state index is 9.12. The fourth-order valence-corrected chi connectivity index (χ4v) is 0.633. The van der Waals surface area contributed by atoms with E-state index in [0.717, 1.165) is 5.56 Å². The van der Waals surface area contributed by atoms with Crippen LogP contribution in [0, 0.1) is 20.0 Å². The van der Waals surface area contributed by atoms with Gasteiger partial charge in [0.25, 0.3) is 0 Å². The second kappa shape index (κ2) is 2.05. The summed E-state index contributed by atoms with van der Waals surface area (Å²) in [5.74, 6) is 0.272. The predicted molar refractivity (Wildman–Crippen MR) is 34.2 cm³/mol. The summed E-state index contributed by atoms with van der Waals surface area (Å²) < 4.78 is 0. The highest BCUT2D eigenvalue weighted by molar-refractivity contribution is 5.32. The Morgan fingerprint density at radius 1 is 1.56 bits per heavy atom. The number of rotatable bonds is 0. The van der Waals surface area contributed by atoms with Gasteiger partial charge in [0.05, 0.1) is 11.9 Å². The van der Waals surface area contributed by atoms with Crippen LogP contribution in [0.25, 0.3) is 0 Å². The summed E-state index contributed by atoms with van der Waals surface area (Å²) in [4.78, 5) is 3.76. The molecule has 0 spiro atoms. The molecule has 1 radical (unpaired) electrons. The smallest absolute Gasteiger partial charge is 0.139 e. The summed E-state index contributed by atoms with van der Waals surface area (Å²) in [5, 5.41) is 9.12. The highest BCUT2D eigenvalue weighted by Crippen LogP contribution is 2.16. The first-order valence-electron chi connectivity index (χ1n) is 2.75. The maximum Gasteiger partial charge on any atom is 0.139 e. The fraction of sp³-hybridized carbons (Fsp3) is 0.286. The van der Waals surface area contributed by atoms with Gasteiger partial charge in [-0.3, -0.25) is 0 Å². The zero-order valence-corrected chi connectivity index (χ0v) is 5.47. The van der Waals surface area contributed by atoms with Gasteiger partial charge in [0.1, 0.15) is 5.75 Å². The molecule has 0 amide bonds. The Balaban J connectivity index is 3.25. The van der Waals surface area contributed by atoms with E-state index in [-0.39, 0.29) is 5.75 Å². The lowest BCUT2D eigenvalue weighted by Crippen LogP contribution is -1.83. The number of aromatic hydroxyl groups is 1. The SMILES string of the molecule is Cc1c[c]nc(C)c1O. The average Bonchev–Trinajstić information content (AvgIpc) is 1.83. The zero-order chi connectivity index (χ0) is 6.85. The first-order valence-corrected chi connectivity index (χ1v) is 2.75. The molecule has 1 rings (SSSR count). The van der Waals surface area contributed by atoms with Gasteiger partial charge in [0, 0.05) is 0 Å². The molecule has 0 unspecified atom stereocenters. The second-order valence-corrected chi connectivity index (χ2v) is 2.00. The largest absolute Gasteiger partial charge is 0.506 e. The van der Waals surface area contributed by atoms with E-state index in [0.29, 0.717) is 5.69 Å². The normalized spacial score (nSPS) is 9.56. The standard InChI is InChI=1S/C7H8NO/c1-5-3-4-8-6(2)7(5)9/h3,9H,1-2H3. The first-order chi connectivity index (χ1) is 4.22. The van der Waals surface area contributed by atoms with Crippen LogP contribution in [0.1, 0.15) is 11.3 Å². The minimum atomic E-state index is 0.272. The molecule has 1 N–H and O–H groups in total. The molecule has 1 heterocycles. The predicted octanol–water partition coefficient (Wildman–Crippen LogP) is 1.20. The summed E-state index contributed by atoms with van der Waals surface area (Å²) in [6.45, 7) is 3.57. The van der Waals surface area contributed by atoms with E-state index in [1.54, 1.807) is 13.0 Å². The second-order valence-electron chi connectivity index (χ2n) is 2.00. The molecular formula is C7H8NO. The highest BCUT2D eigenvalue weighted by atomic mass is 16.3. The fourth-order valence-electron chi connectivity index (χ4n) is 0.633. The number of hydrogen-bond donors (Lipinski definition) is 1. The van der Waals surface area contributed by atoms with Crippen molar-refractivity contribution in [2.75, 3.05) is 0 Å². The van der Waals surface area contributed by atoms with Gasteiger partial charge < -0.3 is 5.11 Å². The molecule has 0 saturated carbocycles. The first kappa shape index (κ1) is 6.08. The summed E-state index contributed by atoms with van der Waals surface area (Å²) in [6.07, 6.45) is 2.66. The summed E-state index contributed by atoms with van der Waals surface area (Å²) in [6, 6.07) is 1.66. The summed E-state index contributed by atoms with van der Waals surface area (Å²) >= 11 is 0. The molecule has 1 aromatic rings. The van der Waals surface area contributed by atoms with Gasteiger partial charge in [-0.05, 0) is 25.5 Å². The van der Waals surface area contributed by atoms with Gasteiger partial charge in [-0.15, -0.1) is 0 Å². The van der Waals surface area contributed by atoms with Crippen molar-refractivity contribution in [1.29, 1.82) is 0 Å². The van der Waals surface area contributed by atoms with Crippen LogP contribution in [0.3, 0.4) is 0 Å². The van der Waals surface area contributed by atoms with Gasteiger partial charge in [0.2, 0.25) is 0 Å². The molecular weight excluding hydrogens is 114 g/mol. The number of hydrogen-bond acceptors (Lipinski definition) is 2. The molecule has 1 aromatic heterocycles. The van der Waals surface area contributed by atoms with Crippen LogP contribution in [0.4, 0.5) is 0 Å². The van der Waals surface area contributed by atoms with E-state index in [1.807, 2.05) is 6.92 Å². The van der Waals surface area contributed by atoms with E-state index < -0.39 is 0 Å². The van der Waals surface area contributed by atoms with Gasteiger partial charge in [-0.1, -0.05) is 0 Å². The van der Waals surface area contributed by atoms with Crippen molar-refractivity contribution in [3.8, 4) is 5.75 Å². The minimum absolute atomic E-state index is 0.272. The van der Waals surface area contributed by atoms with Gasteiger partial charge in [-0.2, -0.15) is 0 Å². The lowest BCUT2D eigenvalue weighted by Gasteiger charge is -1.97. The van der Waals surface area contributed by atoms with Gasteiger partial charge in [0.15, 0.2) is 0 Å². The third kappa shape index (κ3) is 1.02. The van der Waals surface area contributed by atoms with Crippen LogP contribution in [0.5, 0.6) is 5.75 Å². The third-order valence-corrected chi connectivity index (χ3v) is 1.23. The Morgan fingerprint density at radius 2 is 2.22 bits per heavy atom. The average molecular weight is 122 g/mol. The van der Waals surface area contributed by atoms with E-state index in [1.165, 1.54) is 0 Å². The van der Waals surface area contributed by atoms with Crippen molar-refractivity contribution in [2.24, 2.45) is 0 Å². The van der Waals surface area contributed by atoms with Gasteiger partial charge in [-0.25, -0.2) is 4.98 Å². The van der Waals surface area contributed by atoms with Crippen molar-refractivity contribution in [3.63, 3.8) is 0 Å². The van der Waals surface area contributed by atoms with Crippen LogP contribution in [-0.4, -0.2) is 10.1 Å². The van der Waals surface area contributed by atoms with Crippen molar-refractivity contribution in [1.82, 2.24) is 4.98 Å². The molecule has 0 fully saturated rings. The molecule has 9 heavy (non-hydrogen) atoms. The summed E-state index contributed by atoms with van der Waals surface area (Å²) in [7, 11) is 0. The highest BCUT2D eigenvalue weighted by Gasteiger charge is 1.97. The van der Waals surface area contributed by atoms with Crippen molar-refractivity contribution < 1.29 is 5.11 Å². The van der Waals surface area contributed by atoms with Gasteiger partial charge >= 0.3 is 0 Å². The molecule has 0 aliphatic heterocycles. The van der Waals surface area contributed by atoms with Crippen molar-refractivity contribution >= 4 is 0 Å². The lowest BCUT2D eigenvalue weighted by atomic mass is 10.2. The Kier molecular flexibility index (Phi) is 1.39. The molecule has 0 atom stereocenters. The Labute approximate surface area is 54.2 Å². The van der Waals surface area contributed by atoms with Crippen LogP contribution in [0.15, 0.2) is 6.07 Å². The summed E-state index contributed by atoms with van der Waals surface area (Å²) in [5.41, 5.74) is 1.46. The monoisotopic (exact) mass is 122 g/mol. The lowest BCUT2D eigenvalue weighted by molar-refractivity contribution is 0.463. The maximum absolute atomic E-state index is 9.12. The van der Waals surface area contributed by atoms with Crippen molar-refractivity contribution in [2.45, 2.75) is 13.8 Å². The molecule has 2 nitrogen and oxygen atoms in total. The molecule has 47 valence electrons. The third-order valence-electron chi connectivity index (χ3n) is 1.23. The Morgan fingerprint density at radius 3 is 2.67 bits per heavy atom. The Hall–Kier alpha value is -1.05. The minimum Gasteiger partial charge on any atom is -0.506 e. The van der Waals surface area contributed by atoms with Crippen LogP contribution < -0.4 is 0 Å². The topological polar surface area (TPSA) is 33.1 Å². The van der Waals surface area contributed by atoms with E-state index in [4.69, 9.17) is 5.11 Å². The quantitative estimate of drug-likeness (QED) is 0.561. The van der Waals surface area contributed by atoms with E-state index in [9.17, 15) is 0 Å². The molecule has 0 aromatic carbocycles. The van der Waals surface area contributed by atoms with Crippen LogP contribution >= 0.6 is 0 Å². The van der Waals surface area contributed by atoms with Crippen molar-refractivity contribution in [3.05, 3.63) is 23.5 Å². The van der Waals surface area contributed by atoms with Crippen LogP contribution in [-0.2, 0) is 0 Å². The zero-order valence-electron chi connectivity index (χ0n) is 5.47. The molecule has 0 aliphatic rings. The number of pyridine rings is 1. The molecule has 0 aliphatic carbocycles. The van der Waals surface area contributed by atoms with E-state index in [2.05, 4.69) is 11.2 Å². The van der Waals surface area contributed by atoms with E-state index >= 15 is 0 Å². The number of aryl methyl sites for hydroxylation is 2. The number of aromatic nitrogens is 1. The molecule has 0 bridgehead atoms. The molecule has 2 heteroatoms.